The van der Waals surface area contributed by atoms with Gasteiger partial charge in [-0.3, -0.25) is 9.78 Å². The summed E-state index contributed by atoms with van der Waals surface area (Å²) in [6.45, 7) is 12.2. The second-order valence-electron chi connectivity index (χ2n) is 10.5. The second kappa shape index (κ2) is 10.00. The monoisotopic (exact) mass is 473 g/mol. The predicted molar refractivity (Wildman–Crippen MR) is 141 cm³/mol. The van der Waals surface area contributed by atoms with Crippen LogP contribution in [0.5, 0.6) is 0 Å². The molecule has 0 bridgehead atoms. The third-order valence-electron chi connectivity index (χ3n) is 5.91. The van der Waals surface area contributed by atoms with Crippen LogP contribution in [0.25, 0.3) is 0 Å². The molecular weight excluding hydrogens is 438 g/mol. The van der Waals surface area contributed by atoms with E-state index in [1.807, 2.05) is 32.0 Å². The van der Waals surface area contributed by atoms with Gasteiger partial charge in [0, 0.05) is 54.0 Å². The summed E-state index contributed by atoms with van der Waals surface area (Å²) in [5.41, 5.74) is 5.65. The fourth-order valence-electron chi connectivity index (χ4n) is 4.00. The van der Waals surface area contributed by atoms with Crippen LogP contribution in [0.4, 0.5) is 23.1 Å². The standard InChI is InChI=1S/C27H35N7O/c1-17(2)30-25(35)22-15-29-26(32-20-8-7-19-16-34(6)12-10-18(19)13-20)33-24(22)31-21-9-11-28-23(14-21)27(3,4)5/h7-9,11,13-15,17H,10,12,16H2,1-6H3,(H,30,35)(H2,28,29,31,32,33). The highest BCUT2D eigenvalue weighted by molar-refractivity contribution is 5.99. The first-order chi connectivity index (χ1) is 16.6. The Bertz CT molecular complexity index is 1220. The van der Waals surface area contributed by atoms with E-state index in [-0.39, 0.29) is 17.4 Å². The number of amides is 1. The van der Waals surface area contributed by atoms with Gasteiger partial charge in [-0.05, 0) is 62.7 Å². The minimum atomic E-state index is -0.225. The summed E-state index contributed by atoms with van der Waals surface area (Å²) in [4.78, 5) is 28.8. The summed E-state index contributed by atoms with van der Waals surface area (Å²) in [6.07, 6.45) is 4.34. The first kappa shape index (κ1) is 24.6. The molecule has 3 aromatic rings. The van der Waals surface area contributed by atoms with Gasteiger partial charge in [0.2, 0.25) is 5.95 Å². The topological polar surface area (TPSA) is 95.1 Å². The highest BCUT2D eigenvalue weighted by Crippen LogP contribution is 2.27. The summed E-state index contributed by atoms with van der Waals surface area (Å²) in [5.74, 6) is 0.634. The number of rotatable bonds is 6. The van der Waals surface area contributed by atoms with Crippen LogP contribution in [-0.2, 0) is 18.4 Å². The molecule has 3 heterocycles. The highest BCUT2D eigenvalue weighted by Gasteiger charge is 2.19. The van der Waals surface area contributed by atoms with Crippen molar-refractivity contribution >= 4 is 29.0 Å². The molecular formula is C27H35N7O. The largest absolute Gasteiger partial charge is 0.350 e. The van der Waals surface area contributed by atoms with Gasteiger partial charge >= 0.3 is 0 Å². The van der Waals surface area contributed by atoms with Crippen molar-refractivity contribution in [2.75, 3.05) is 24.2 Å². The number of carbonyl (C=O) groups excluding carboxylic acids is 1. The van der Waals surface area contributed by atoms with Crippen molar-refractivity contribution in [1.29, 1.82) is 0 Å². The number of pyridine rings is 1. The first-order valence-electron chi connectivity index (χ1n) is 12.1. The van der Waals surface area contributed by atoms with Crippen molar-refractivity contribution in [1.82, 2.24) is 25.2 Å². The number of nitrogens with zero attached hydrogens (tertiary/aromatic N) is 4. The van der Waals surface area contributed by atoms with Crippen LogP contribution in [0.15, 0.2) is 42.7 Å². The van der Waals surface area contributed by atoms with Crippen molar-refractivity contribution < 1.29 is 4.79 Å². The van der Waals surface area contributed by atoms with Gasteiger partial charge in [-0.2, -0.15) is 4.98 Å². The summed E-state index contributed by atoms with van der Waals surface area (Å²) in [6, 6.07) is 10.2. The number of carbonyl (C=O) groups is 1. The molecule has 0 radical (unpaired) electrons. The lowest BCUT2D eigenvalue weighted by molar-refractivity contribution is 0.0943. The van der Waals surface area contributed by atoms with Crippen LogP contribution >= 0.6 is 0 Å². The third-order valence-corrected chi connectivity index (χ3v) is 5.91. The molecule has 0 atom stereocenters. The van der Waals surface area contributed by atoms with E-state index in [0.29, 0.717) is 17.3 Å². The quantitative estimate of drug-likeness (QED) is 0.474. The minimum Gasteiger partial charge on any atom is -0.350 e. The third kappa shape index (κ3) is 6.14. The number of likely N-dealkylation sites (N-methyl/N-ethyl adjacent to an activating group) is 1. The van der Waals surface area contributed by atoms with E-state index in [0.717, 1.165) is 36.6 Å². The normalized spacial score (nSPS) is 13.9. The maximum absolute atomic E-state index is 12.9. The molecule has 8 heteroatoms. The lowest BCUT2D eigenvalue weighted by Crippen LogP contribution is -2.31. The van der Waals surface area contributed by atoms with Crippen molar-refractivity contribution in [2.24, 2.45) is 0 Å². The van der Waals surface area contributed by atoms with Crippen molar-refractivity contribution in [3.8, 4) is 0 Å². The number of fused-ring (bicyclic) bond motifs is 1. The van der Waals surface area contributed by atoms with Crippen LogP contribution in [0.1, 0.15) is 61.8 Å². The second-order valence-corrected chi connectivity index (χ2v) is 10.5. The average molecular weight is 474 g/mol. The molecule has 0 saturated heterocycles. The molecule has 184 valence electrons. The van der Waals surface area contributed by atoms with Crippen LogP contribution in [0, 0.1) is 0 Å². The molecule has 2 aromatic heterocycles. The molecule has 0 aliphatic carbocycles. The van der Waals surface area contributed by atoms with E-state index < -0.39 is 0 Å². The van der Waals surface area contributed by atoms with Gasteiger partial charge in [0.25, 0.3) is 5.91 Å². The zero-order valence-electron chi connectivity index (χ0n) is 21.4. The van der Waals surface area contributed by atoms with E-state index >= 15 is 0 Å². The van der Waals surface area contributed by atoms with Crippen LogP contribution in [0.3, 0.4) is 0 Å². The van der Waals surface area contributed by atoms with E-state index in [1.165, 1.54) is 11.1 Å². The maximum atomic E-state index is 12.9. The minimum absolute atomic E-state index is 0.00360. The molecule has 8 nitrogen and oxygen atoms in total. The van der Waals surface area contributed by atoms with Crippen LogP contribution < -0.4 is 16.0 Å². The van der Waals surface area contributed by atoms with Gasteiger partial charge in [0.05, 0.1) is 0 Å². The molecule has 1 amide bonds. The summed E-state index contributed by atoms with van der Waals surface area (Å²) in [7, 11) is 2.14. The Morgan fingerprint density at radius 3 is 2.54 bits per heavy atom. The Kier molecular flexibility index (Phi) is 7.03. The van der Waals surface area contributed by atoms with E-state index in [4.69, 9.17) is 0 Å². The summed E-state index contributed by atoms with van der Waals surface area (Å²) >= 11 is 0. The summed E-state index contributed by atoms with van der Waals surface area (Å²) < 4.78 is 0. The Morgan fingerprint density at radius 2 is 1.80 bits per heavy atom. The number of hydrogen-bond donors (Lipinski definition) is 3. The Labute approximate surface area is 207 Å². The van der Waals surface area contributed by atoms with Gasteiger partial charge in [-0.25, -0.2) is 4.98 Å². The molecule has 0 unspecified atom stereocenters. The smallest absolute Gasteiger partial charge is 0.256 e. The zero-order chi connectivity index (χ0) is 25.2. The van der Waals surface area contributed by atoms with E-state index in [1.54, 1.807) is 12.4 Å². The van der Waals surface area contributed by atoms with Crippen molar-refractivity contribution in [2.45, 2.75) is 59.0 Å². The maximum Gasteiger partial charge on any atom is 0.256 e. The molecule has 1 aliphatic rings. The highest BCUT2D eigenvalue weighted by atomic mass is 16.1. The first-order valence-corrected chi connectivity index (χ1v) is 12.1. The number of nitrogens with one attached hydrogen (secondary N) is 3. The molecule has 4 rings (SSSR count). The number of benzene rings is 1. The van der Waals surface area contributed by atoms with Gasteiger partial charge in [0.15, 0.2) is 0 Å². The molecule has 3 N–H and O–H groups in total. The molecule has 0 fully saturated rings. The fraction of sp³-hybridized carbons (Fsp3) is 0.407. The van der Waals surface area contributed by atoms with Gasteiger partial charge in [-0.1, -0.05) is 26.8 Å². The lowest BCUT2D eigenvalue weighted by Gasteiger charge is -2.25. The van der Waals surface area contributed by atoms with Gasteiger partial charge in [0.1, 0.15) is 11.4 Å². The zero-order valence-corrected chi connectivity index (χ0v) is 21.4. The fourth-order valence-corrected chi connectivity index (χ4v) is 4.00. The average Bonchev–Trinajstić information content (AvgIpc) is 2.78. The summed E-state index contributed by atoms with van der Waals surface area (Å²) in [5, 5.41) is 9.57. The van der Waals surface area contributed by atoms with E-state index in [9.17, 15) is 4.79 Å². The number of hydrogen-bond acceptors (Lipinski definition) is 7. The lowest BCUT2D eigenvalue weighted by atomic mass is 9.91. The van der Waals surface area contributed by atoms with Crippen molar-refractivity contribution in [3.05, 3.63) is 65.1 Å². The molecule has 0 spiro atoms. The van der Waals surface area contributed by atoms with Crippen molar-refractivity contribution in [3.63, 3.8) is 0 Å². The Morgan fingerprint density at radius 1 is 1.03 bits per heavy atom. The predicted octanol–water partition coefficient (Wildman–Crippen LogP) is 4.78. The Hall–Kier alpha value is -3.52. The van der Waals surface area contributed by atoms with Crippen LogP contribution in [-0.4, -0.2) is 45.4 Å². The van der Waals surface area contributed by atoms with Gasteiger partial charge in [-0.15, -0.1) is 0 Å². The molecule has 0 saturated carbocycles. The molecule has 1 aromatic carbocycles. The number of anilines is 4. The molecule has 35 heavy (non-hydrogen) atoms. The van der Waals surface area contributed by atoms with Crippen LogP contribution in [0.2, 0.25) is 0 Å². The SMILES string of the molecule is CC(C)NC(=O)c1cnc(Nc2ccc3c(c2)CCN(C)C3)nc1Nc1ccnc(C(C)(C)C)c1. The van der Waals surface area contributed by atoms with Gasteiger partial charge < -0.3 is 20.9 Å². The molecule has 1 aliphatic heterocycles. The van der Waals surface area contributed by atoms with E-state index in [2.05, 4.69) is 75.8 Å². The Balaban J connectivity index is 1.64. The number of aromatic nitrogens is 3.